The van der Waals surface area contributed by atoms with Gasteiger partial charge in [0.1, 0.15) is 12.4 Å². The van der Waals surface area contributed by atoms with E-state index in [1.165, 1.54) is 0 Å². The summed E-state index contributed by atoms with van der Waals surface area (Å²) in [7, 11) is 3.28. The highest BCUT2D eigenvalue weighted by molar-refractivity contribution is 5.58. The number of rotatable bonds is 9. The molecule has 2 aromatic carbocycles. The summed E-state index contributed by atoms with van der Waals surface area (Å²) in [4.78, 5) is 4.89. The van der Waals surface area contributed by atoms with Gasteiger partial charge in [-0.05, 0) is 49.3 Å². The van der Waals surface area contributed by atoms with Crippen LogP contribution in [0.25, 0.3) is 0 Å². The zero-order valence-electron chi connectivity index (χ0n) is 16.9. The lowest BCUT2D eigenvalue weighted by atomic mass is 10.2. The van der Waals surface area contributed by atoms with Gasteiger partial charge in [0.25, 0.3) is 0 Å². The van der Waals surface area contributed by atoms with Crippen LogP contribution in [0.3, 0.4) is 0 Å². The standard InChI is InChI=1S/C22H31N3O3/c1-26-21-9-8-18(16-22(21)27-2)17-28-20-7-4-3-6-19(20)25-14-12-24(13-15-25)11-5-10-23/h3-4,6-9,16H,5,10-15,17,23H2,1-2H3. The van der Waals surface area contributed by atoms with Crippen LogP contribution < -0.4 is 24.8 Å². The van der Waals surface area contributed by atoms with Crippen molar-refractivity contribution in [1.82, 2.24) is 4.90 Å². The second-order valence-corrected chi connectivity index (χ2v) is 6.92. The maximum absolute atomic E-state index is 6.17. The van der Waals surface area contributed by atoms with Crippen LogP contribution in [-0.4, -0.2) is 58.4 Å². The lowest BCUT2D eigenvalue weighted by Gasteiger charge is -2.36. The molecule has 2 aromatic rings. The van der Waals surface area contributed by atoms with Crippen molar-refractivity contribution in [3.8, 4) is 17.2 Å². The quantitative estimate of drug-likeness (QED) is 0.716. The van der Waals surface area contributed by atoms with Crippen molar-refractivity contribution >= 4 is 5.69 Å². The van der Waals surface area contributed by atoms with Crippen molar-refractivity contribution in [1.29, 1.82) is 0 Å². The highest BCUT2D eigenvalue weighted by atomic mass is 16.5. The molecule has 6 heteroatoms. The molecule has 1 heterocycles. The molecule has 0 saturated carbocycles. The van der Waals surface area contributed by atoms with E-state index in [2.05, 4.69) is 21.9 Å². The lowest BCUT2D eigenvalue weighted by molar-refractivity contribution is 0.254. The van der Waals surface area contributed by atoms with Gasteiger partial charge < -0.3 is 24.8 Å². The van der Waals surface area contributed by atoms with Gasteiger partial charge in [-0.2, -0.15) is 0 Å². The smallest absolute Gasteiger partial charge is 0.161 e. The van der Waals surface area contributed by atoms with Gasteiger partial charge in [-0.1, -0.05) is 18.2 Å². The van der Waals surface area contributed by atoms with Crippen LogP contribution in [-0.2, 0) is 6.61 Å². The summed E-state index contributed by atoms with van der Waals surface area (Å²) in [6.45, 7) is 6.44. The summed E-state index contributed by atoms with van der Waals surface area (Å²) in [5.74, 6) is 2.34. The molecule has 152 valence electrons. The first-order valence-corrected chi connectivity index (χ1v) is 9.85. The molecule has 0 atom stereocenters. The number of hydrogen-bond acceptors (Lipinski definition) is 6. The van der Waals surface area contributed by atoms with Crippen LogP contribution in [0.1, 0.15) is 12.0 Å². The Balaban J connectivity index is 1.63. The summed E-state index contributed by atoms with van der Waals surface area (Å²) in [6, 6.07) is 14.1. The molecule has 3 rings (SSSR count). The van der Waals surface area contributed by atoms with Crippen molar-refractivity contribution in [2.24, 2.45) is 5.73 Å². The summed E-state index contributed by atoms with van der Waals surface area (Å²) in [5.41, 5.74) is 7.83. The Morgan fingerprint density at radius 3 is 2.36 bits per heavy atom. The van der Waals surface area contributed by atoms with Crippen LogP contribution in [0.4, 0.5) is 5.69 Å². The molecule has 1 aliphatic rings. The second kappa shape index (κ2) is 10.2. The maximum Gasteiger partial charge on any atom is 0.161 e. The number of nitrogens with two attached hydrogens (primary N) is 1. The SMILES string of the molecule is COc1ccc(COc2ccccc2N2CCN(CCCN)CC2)cc1OC. The van der Waals surface area contributed by atoms with Crippen LogP contribution in [0.2, 0.25) is 0 Å². The minimum atomic E-state index is 0.480. The fourth-order valence-corrected chi connectivity index (χ4v) is 3.50. The lowest BCUT2D eigenvalue weighted by Crippen LogP contribution is -2.47. The van der Waals surface area contributed by atoms with Crippen LogP contribution in [0, 0.1) is 0 Å². The first-order chi connectivity index (χ1) is 13.7. The molecular weight excluding hydrogens is 354 g/mol. The van der Waals surface area contributed by atoms with Gasteiger partial charge in [-0.25, -0.2) is 0 Å². The summed E-state index contributed by atoms with van der Waals surface area (Å²) in [5, 5.41) is 0. The van der Waals surface area contributed by atoms with E-state index in [1.54, 1.807) is 14.2 Å². The Kier molecular flexibility index (Phi) is 7.39. The van der Waals surface area contributed by atoms with Gasteiger partial charge in [0.15, 0.2) is 11.5 Å². The van der Waals surface area contributed by atoms with E-state index in [0.717, 1.165) is 68.4 Å². The molecule has 6 nitrogen and oxygen atoms in total. The van der Waals surface area contributed by atoms with Crippen LogP contribution in [0.5, 0.6) is 17.2 Å². The fourth-order valence-electron chi connectivity index (χ4n) is 3.50. The topological polar surface area (TPSA) is 60.2 Å². The Hall–Kier alpha value is -2.44. The van der Waals surface area contributed by atoms with E-state index in [0.29, 0.717) is 12.4 Å². The molecule has 0 radical (unpaired) electrons. The zero-order chi connectivity index (χ0) is 19.8. The van der Waals surface area contributed by atoms with Crippen LogP contribution >= 0.6 is 0 Å². The van der Waals surface area contributed by atoms with E-state index < -0.39 is 0 Å². The Morgan fingerprint density at radius 1 is 0.893 bits per heavy atom. The number of hydrogen-bond donors (Lipinski definition) is 1. The van der Waals surface area contributed by atoms with Gasteiger partial charge >= 0.3 is 0 Å². The van der Waals surface area contributed by atoms with Crippen molar-refractivity contribution in [3.63, 3.8) is 0 Å². The highest BCUT2D eigenvalue weighted by Crippen LogP contribution is 2.31. The monoisotopic (exact) mass is 385 g/mol. The number of benzene rings is 2. The predicted molar refractivity (Wildman–Crippen MR) is 113 cm³/mol. The number of para-hydroxylation sites is 2. The Morgan fingerprint density at radius 2 is 1.64 bits per heavy atom. The number of piperazine rings is 1. The first-order valence-electron chi connectivity index (χ1n) is 9.85. The van der Waals surface area contributed by atoms with Crippen molar-refractivity contribution < 1.29 is 14.2 Å². The van der Waals surface area contributed by atoms with E-state index in [4.69, 9.17) is 19.9 Å². The molecule has 2 N–H and O–H groups in total. The summed E-state index contributed by atoms with van der Waals surface area (Å²) >= 11 is 0. The van der Waals surface area contributed by atoms with Crippen LogP contribution in [0.15, 0.2) is 42.5 Å². The molecule has 0 bridgehead atoms. The van der Waals surface area contributed by atoms with Crippen molar-refractivity contribution in [2.45, 2.75) is 13.0 Å². The molecule has 0 aliphatic carbocycles. The number of nitrogens with zero attached hydrogens (tertiary/aromatic N) is 2. The largest absolute Gasteiger partial charge is 0.493 e. The van der Waals surface area contributed by atoms with Gasteiger partial charge in [0.05, 0.1) is 19.9 Å². The average Bonchev–Trinajstić information content (AvgIpc) is 2.76. The third-order valence-corrected chi connectivity index (χ3v) is 5.10. The molecule has 0 unspecified atom stereocenters. The zero-order valence-corrected chi connectivity index (χ0v) is 16.9. The first kappa shape index (κ1) is 20.3. The van der Waals surface area contributed by atoms with Crippen molar-refractivity contribution in [2.75, 3.05) is 58.4 Å². The number of anilines is 1. The summed E-state index contributed by atoms with van der Waals surface area (Å²) in [6.07, 6.45) is 1.06. The third-order valence-electron chi connectivity index (χ3n) is 5.10. The Bertz CT molecular complexity index is 746. The molecule has 1 aliphatic heterocycles. The molecule has 0 amide bonds. The highest BCUT2D eigenvalue weighted by Gasteiger charge is 2.19. The van der Waals surface area contributed by atoms with Gasteiger partial charge in [0.2, 0.25) is 0 Å². The molecular formula is C22H31N3O3. The van der Waals surface area contributed by atoms with Gasteiger partial charge in [-0.3, -0.25) is 4.90 Å². The van der Waals surface area contributed by atoms with E-state index >= 15 is 0 Å². The van der Waals surface area contributed by atoms with E-state index in [9.17, 15) is 0 Å². The fraction of sp³-hybridized carbons (Fsp3) is 0.455. The molecule has 28 heavy (non-hydrogen) atoms. The van der Waals surface area contributed by atoms with Gasteiger partial charge in [0, 0.05) is 26.2 Å². The minimum Gasteiger partial charge on any atom is -0.493 e. The predicted octanol–water partition coefficient (Wildman–Crippen LogP) is 2.75. The number of ether oxygens (including phenoxy) is 3. The maximum atomic E-state index is 6.17. The molecule has 0 spiro atoms. The normalized spacial score (nSPS) is 14.8. The average molecular weight is 386 g/mol. The van der Waals surface area contributed by atoms with Gasteiger partial charge in [-0.15, -0.1) is 0 Å². The minimum absolute atomic E-state index is 0.480. The molecule has 0 aromatic heterocycles. The summed E-state index contributed by atoms with van der Waals surface area (Å²) < 4.78 is 16.9. The van der Waals surface area contributed by atoms with E-state index in [1.807, 2.05) is 30.3 Å². The van der Waals surface area contributed by atoms with Crippen molar-refractivity contribution in [3.05, 3.63) is 48.0 Å². The van der Waals surface area contributed by atoms with E-state index in [-0.39, 0.29) is 0 Å². The second-order valence-electron chi connectivity index (χ2n) is 6.92. The molecule has 1 saturated heterocycles. The molecule has 1 fully saturated rings. The third kappa shape index (κ3) is 5.09. The number of methoxy groups -OCH3 is 2. The Labute approximate surface area is 167 Å².